The number of hydrogen-bond acceptors (Lipinski definition) is 4. The number of ether oxygens (including phenoxy) is 1. The predicted octanol–water partition coefficient (Wildman–Crippen LogP) is 3.41. The van der Waals surface area contributed by atoms with Crippen molar-refractivity contribution in [2.24, 2.45) is 0 Å². The number of rotatable bonds is 8. The summed E-state index contributed by atoms with van der Waals surface area (Å²) in [5.74, 6) is 0.720. The summed E-state index contributed by atoms with van der Waals surface area (Å²) in [4.78, 5) is 13.3. The second-order valence-electron chi connectivity index (χ2n) is 5.00. The first kappa shape index (κ1) is 17.1. The molecule has 1 unspecified atom stereocenters. The zero-order valence-electron chi connectivity index (χ0n) is 12.9. The van der Waals surface area contributed by atoms with Crippen molar-refractivity contribution in [3.63, 3.8) is 0 Å². The van der Waals surface area contributed by atoms with Crippen LogP contribution in [-0.2, 0) is 9.53 Å². The highest BCUT2D eigenvalue weighted by Crippen LogP contribution is 2.23. The maximum Gasteiger partial charge on any atom is 0.326 e. The molecule has 1 rings (SSSR count). The molecule has 1 N–H and O–H groups in total. The Labute approximate surface area is 126 Å². The number of esters is 1. The molecule has 1 atom stereocenters. The molecule has 0 radical (unpaired) electrons. The molecule has 0 aliphatic heterocycles. The standard InChI is InChI=1S/C16H25NO2S/c1-5-17-16(4,15(18)19-6-2)10-11-20-14-9-7-8-13(3)12-14/h7-9,12,17H,5-6,10-11H2,1-4H3. The van der Waals surface area contributed by atoms with Crippen molar-refractivity contribution in [3.8, 4) is 0 Å². The van der Waals surface area contributed by atoms with Crippen molar-refractivity contribution in [1.29, 1.82) is 0 Å². The van der Waals surface area contributed by atoms with E-state index >= 15 is 0 Å². The minimum atomic E-state index is -0.596. The number of benzene rings is 1. The Hall–Kier alpha value is -1.00. The first-order chi connectivity index (χ1) is 9.51. The van der Waals surface area contributed by atoms with Crippen molar-refractivity contribution in [2.75, 3.05) is 18.9 Å². The van der Waals surface area contributed by atoms with Gasteiger partial charge in [-0.1, -0.05) is 24.6 Å². The molecule has 1 aromatic carbocycles. The fourth-order valence-corrected chi connectivity index (χ4v) is 3.21. The zero-order chi connectivity index (χ0) is 15.0. The van der Waals surface area contributed by atoms with Crippen molar-refractivity contribution in [2.45, 2.75) is 44.6 Å². The first-order valence-electron chi connectivity index (χ1n) is 7.13. The second kappa shape index (κ2) is 8.32. The second-order valence-corrected chi connectivity index (χ2v) is 6.17. The van der Waals surface area contributed by atoms with Crippen LogP contribution in [0.4, 0.5) is 0 Å². The van der Waals surface area contributed by atoms with E-state index in [1.54, 1.807) is 11.8 Å². The van der Waals surface area contributed by atoms with Gasteiger partial charge in [0, 0.05) is 10.6 Å². The van der Waals surface area contributed by atoms with Gasteiger partial charge >= 0.3 is 5.97 Å². The Morgan fingerprint density at radius 2 is 2.15 bits per heavy atom. The Bertz CT molecular complexity index is 436. The van der Waals surface area contributed by atoms with Gasteiger partial charge in [0.25, 0.3) is 0 Å². The summed E-state index contributed by atoms with van der Waals surface area (Å²) in [6.07, 6.45) is 0.748. The summed E-state index contributed by atoms with van der Waals surface area (Å²) in [7, 11) is 0. The molecule has 20 heavy (non-hydrogen) atoms. The predicted molar refractivity (Wildman–Crippen MR) is 85.2 cm³/mol. The van der Waals surface area contributed by atoms with Gasteiger partial charge in [0.15, 0.2) is 0 Å². The number of thioether (sulfide) groups is 1. The summed E-state index contributed by atoms with van der Waals surface area (Å²) >= 11 is 1.78. The van der Waals surface area contributed by atoms with Crippen LogP contribution in [0.25, 0.3) is 0 Å². The third-order valence-electron chi connectivity index (χ3n) is 3.15. The molecule has 112 valence electrons. The minimum absolute atomic E-state index is 0.160. The van der Waals surface area contributed by atoms with Crippen LogP contribution in [0, 0.1) is 6.92 Å². The molecule has 0 heterocycles. The Morgan fingerprint density at radius 1 is 1.40 bits per heavy atom. The number of likely N-dealkylation sites (N-methyl/N-ethyl adjacent to an activating group) is 1. The summed E-state index contributed by atoms with van der Waals surface area (Å²) in [5, 5.41) is 3.25. The van der Waals surface area contributed by atoms with Crippen molar-refractivity contribution < 1.29 is 9.53 Å². The van der Waals surface area contributed by atoms with Crippen LogP contribution in [0.3, 0.4) is 0 Å². The van der Waals surface area contributed by atoms with E-state index in [4.69, 9.17) is 4.74 Å². The van der Waals surface area contributed by atoms with Crippen LogP contribution in [0.15, 0.2) is 29.2 Å². The van der Waals surface area contributed by atoms with Gasteiger partial charge in [-0.2, -0.15) is 0 Å². The van der Waals surface area contributed by atoms with Gasteiger partial charge in [-0.05, 0) is 45.9 Å². The zero-order valence-corrected chi connectivity index (χ0v) is 13.7. The molecule has 0 aliphatic carbocycles. The van der Waals surface area contributed by atoms with Gasteiger partial charge in [-0.3, -0.25) is 4.79 Å². The summed E-state index contributed by atoms with van der Waals surface area (Å²) in [6.45, 7) is 9.03. The van der Waals surface area contributed by atoms with Gasteiger partial charge in [-0.15, -0.1) is 11.8 Å². The quantitative estimate of drug-likeness (QED) is 0.589. The lowest BCUT2D eigenvalue weighted by Gasteiger charge is -2.27. The van der Waals surface area contributed by atoms with Gasteiger partial charge in [0.05, 0.1) is 6.61 Å². The molecule has 0 aromatic heterocycles. The number of carbonyl (C=O) groups is 1. The third-order valence-corrected chi connectivity index (χ3v) is 4.15. The topological polar surface area (TPSA) is 38.3 Å². The summed E-state index contributed by atoms with van der Waals surface area (Å²) in [5.41, 5.74) is 0.663. The average Bonchev–Trinajstić information content (AvgIpc) is 2.39. The third kappa shape index (κ3) is 5.17. The maximum atomic E-state index is 12.1. The molecule has 0 aliphatic rings. The van der Waals surface area contributed by atoms with Crippen LogP contribution in [0.1, 0.15) is 32.8 Å². The SMILES string of the molecule is CCNC(C)(CCSc1cccc(C)c1)C(=O)OCC. The fourth-order valence-electron chi connectivity index (χ4n) is 2.02. The molecule has 0 fully saturated rings. The highest BCUT2D eigenvalue weighted by Gasteiger charge is 2.33. The van der Waals surface area contributed by atoms with E-state index in [9.17, 15) is 4.79 Å². The lowest BCUT2D eigenvalue weighted by Crippen LogP contribution is -2.50. The van der Waals surface area contributed by atoms with Crippen LogP contribution < -0.4 is 5.32 Å². The molecule has 0 spiro atoms. The van der Waals surface area contributed by atoms with E-state index in [0.717, 1.165) is 18.7 Å². The van der Waals surface area contributed by atoms with Crippen molar-refractivity contribution in [3.05, 3.63) is 29.8 Å². The molecular formula is C16H25NO2S. The fraction of sp³-hybridized carbons (Fsp3) is 0.562. The smallest absolute Gasteiger partial charge is 0.326 e. The number of carbonyl (C=O) groups excluding carboxylic acids is 1. The molecule has 0 amide bonds. The van der Waals surface area contributed by atoms with E-state index in [1.165, 1.54) is 10.5 Å². The Balaban J connectivity index is 2.56. The van der Waals surface area contributed by atoms with Crippen LogP contribution >= 0.6 is 11.8 Å². The van der Waals surface area contributed by atoms with Gasteiger partial charge in [-0.25, -0.2) is 0 Å². The van der Waals surface area contributed by atoms with Gasteiger partial charge in [0.1, 0.15) is 5.54 Å². The Morgan fingerprint density at radius 3 is 2.75 bits per heavy atom. The van der Waals surface area contributed by atoms with Gasteiger partial charge < -0.3 is 10.1 Å². The molecule has 0 bridgehead atoms. The molecular weight excluding hydrogens is 270 g/mol. The monoisotopic (exact) mass is 295 g/mol. The van der Waals surface area contributed by atoms with E-state index < -0.39 is 5.54 Å². The molecule has 0 saturated heterocycles. The normalized spacial score (nSPS) is 13.8. The number of nitrogens with one attached hydrogen (secondary N) is 1. The maximum absolute atomic E-state index is 12.1. The molecule has 0 saturated carbocycles. The molecule has 1 aromatic rings. The number of hydrogen-bond donors (Lipinski definition) is 1. The highest BCUT2D eigenvalue weighted by atomic mass is 32.2. The van der Waals surface area contributed by atoms with Crippen molar-refractivity contribution in [1.82, 2.24) is 5.32 Å². The van der Waals surface area contributed by atoms with E-state index in [0.29, 0.717) is 6.61 Å². The molecule has 3 nitrogen and oxygen atoms in total. The van der Waals surface area contributed by atoms with Crippen LogP contribution in [-0.4, -0.2) is 30.4 Å². The van der Waals surface area contributed by atoms with Crippen molar-refractivity contribution >= 4 is 17.7 Å². The lowest BCUT2D eigenvalue weighted by molar-refractivity contribution is -0.150. The highest BCUT2D eigenvalue weighted by molar-refractivity contribution is 7.99. The summed E-state index contributed by atoms with van der Waals surface area (Å²) in [6, 6.07) is 8.42. The van der Waals surface area contributed by atoms with Crippen LogP contribution in [0.5, 0.6) is 0 Å². The minimum Gasteiger partial charge on any atom is -0.465 e. The average molecular weight is 295 g/mol. The first-order valence-corrected chi connectivity index (χ1v) is 8.12. The van der Waals surface area contributed by atoms with E-state index in [1.807, 2.05) is 20.8 Å². The number of aryl methyl sites for hydroxylation is 1. The van der Waals surface area contributed by atoms with Gasteiger partial charge in [0.2, 0.25) is 0 Å². The Kier molecular flexibility index (Phi) is 7.10. The van der Waals surface area contributed by atoms with E-state index in [-0.39, 0.29) is 5.97 Å². The summed E-state index contributed by atoms with van der Waals surface area (Å²) < 4.78 is 5.17. The lowest BCUT2D eigenvalue weighted by atomic mass is 9.99. The largest absolute Gasteiger partial charge is 0.465 e. The van der Waals surface area contributed by atoms with E-state index in [2.05, 4.69) is 36.5 Å². The molecule has 4 heteroatoms. The van der Waals surface area contributed by atoms with Crippen LogP contribution in [0.2, 0.25) is 0 Å².